The van der Waals surface area contributed by atoms with Crippen molar-refractivity contribution < 1.29 is 39.6 Å². The van der Waals surface area contributed by atoms with Crippen LogP contribution >= 0.6 is 0 Å². The lowest BCUT2D eigenvalue weighted by molar-refractivity contribution is -0.146. The van der Waals surface area contributed by atoms with Crippen molar-refractivity contribution in [2.45, 2.75) is 18.5 Å². The summed E-state index contributed by atoms with van der Waals surface area (Å²) < 4.78 is 0. The topological polar surface area (TPSA) is 165 Å². The van der Waals surface area contributed by atoms with E-state index in [-0.39, 0.29) is 11.4 Å². The Kier molecular flexibility index (Phi) is 4.49. The van der Waals surface area contributed by atoms with Gasteiger partial charge in [-0.25, -0.2) is 19.4 Å². The second-order valence-corrected chi connectivity index (χ2v) is 4.89. The molecule has 126 valence electrons. The third kappa shape index (κ3) is 3.02. The highest BCUT2D eigenvalue weighted by Crippen LogP contribution is 2.36. The monoisotopic (exact) mass is 336 g/mol. The first-order valence-corrected chi connectivity index (χ1v) is 6.60. The van der Waals surface area contributed by atoms with Gasteiger partial charge in [0.05, 0.1) is 17.8 Å². The number of para-hydroxylation sites is 2. The average Bonchev–Trinajstić information content (AvgIpc) is 2.50. The van der Waals surface area contributed by atoms with E-state index in [0.717, 1.165) is 4.90 Å². The maximum atomic E-state index is 11.6. The number of anilines is 1. The van der Waals surface area contributed by atoms with E-state index in [4.69, 9.17) is 5.11 Å². The van der Waals surface area contributed by atoms with Crippen LogP contribution in [0.5, 0.6) is 0 Å². The number of nitrogens with zero attached hydrogens (tertiary/aromatic N) is 2. The summed E-state index contributed by atoms with van der Waals surface area (Å²) in [5, 5.41) is 36.9. The molecule has 1 aromatic carbocycles. The number of carbonyl (C=O) groups is 4. The zero-order chi connectivity index (χ0) is 18.0. The minimum absolute atomic E-state index is 0.0311. The molecular formula is C14H12N2O8. The highest BCUT2D eigenvalue weighted by molar-refractivity contribution is 6.43. The highest BCUT2D eigenvalue weighted by atomic mass is 16.4. The summed E-state index contributed by atoms with van der Waals surface area (Å²) >= 11 is 0. The van der Waals surface area contributed by atoms with Crippen molar-refractivity contribution in [1.82, 2.24) is 0 Å². The molecule has 0 saturated carbocycles. The van der Waals surface area contributed by atoms with Gasteiger partial charge < -0.3 is 25.3 Å². The molecule has 0 unspecified atom stereocenters. The van der Waals surface area contributed by atoms with Crippen LogP contribution in [-0.2, 0) is 19.2 Å². The largest absolute Gasteiger partial charge is 0.481 e. The van der Waals surface area contributed by atoms with Gasteiger partial charge in [0.25, 0.3) is 0 Å². The van der Waals surface area contributed by atoms with Gasteiger partial charge in [0.1, 0.15) is 6.04 Å². The third-order valence-electron chi connectivity index (χ3n) is 3.38. The number of aliphatic carboxylic acids is 4. The lowest BCUT2D eigenvalue weighted by atomic mass is 10.00. The van der Waals surface area contributed by atoms with Gasteiger partial charge in [-0.2, -0.15) is 0 Å². The normalized spacial score (nSPS) is 17.4. The van der Waals surface area contributed by atoms with Crippen molar-refractivity contribution in [2.75, 3.05) is 4.90 Å². The first-order valence-electron chi connectivity index (χ1n) is 6.60. The van der Waals surface area contributed by atoms with Gasteiger partial charge in [-0.1, -0.05) is 12.1 Å². The molecule has 0 bridgehead atoms. The average molecular weight is 336 g/mol. The van der Waals surface area contributed by atoms with Crippen molar-refractivity contribution in [1.29, 1.82) is 0 Å². The molecule has 2 rings (SSSR count). The third-order valence-corrected chi connectivity index (χ3v) is 3.38. The lowest BCUT2D eigenvalue weighted by Gasteiger charge is -2.38. The van der Waals surface area contributed by atoms with Crippen molar-refractivity contribution in [3.8, 4) is 0 Å². The van der Waals surface area contributed by atoms with Crippen LogP contribution in [0.25, 0.3) is 0 Å². The summed E-state index contributed by atoms with van der Waals surface area (Å²) in [6, 6.07) is 2.00. The van der Waals surface area contributed by atoms with Gasteiger partial charge >= 0.3 is 23.9 Å². The molecule has 10 heteroatoms. The summed E-state index contributed by atoms with van der Waals surface area (Å²) in [6.45, 7) is 0. The number of carboxylic acid groups (broad SMARTS) is 4. The fourth-order valence-electron chi connectivity index (χ4n) is 2.46. The zero-order valence-corrected chi connectivity index (χ0v) is 12.0. The van der Waals surface area contributed by atoms with E-state index in [1.165, 1.54) is 24.3 Å². The molecule has 0 radical (unpaired) electrons. The number of aliphatic imine (C=N–C) groups is 1. The van der Waals surface area contributed by atoms with E-state index in [1.807, 2.05) is 0 Å². The van der Waals surface area contributed by atoms with Crippen LogP contribution in [0.2, 0.25) is 0 Å². The maximum absolute atomic E-state index is 11.6. The molecule has 2 atom stereocenters. The summed E-state index contributed by atoms with van der Waals surface area (Å²) in [4.78, 5) is 49.9. The lowest BCUT2D eigenvalue weighted by Crippen LogP contribution is -2.58. The smallest absolute Gasteiger partial charge is 0.353 e. The zero-order valence-electron chi connectivity index (χ0n) is 12.0. The Morgan fingerprint density at radius 3 is 2.21 bits per heavy atom. The molecule has 1 aliphatic heterocycles. The fraction of sp³-hybridized carbons (Fsp3) is 0.214. The number of carboxylic acids is 4. The van der Waals surface area contributed by atoms with Gasteiger partial charge in [-0.05, 0) is 12.1 Å². The van der Waals surface area contributed by atoms with E-state index in [9.17, 15) is 34.5 Å². The Morgan fingerprint density at radius 1 is 1.08 bits per heavy atom. The first-order chi connectivity index (χ1) is 11.2. The molecule has 0 aliphatic carbocycles. The van der Waals surface area contributed by atoms with Crippen LogP contribution in [0.15, 0.2) is 29.3 Å². The van der Waals surface area contributed by atoms with Crippen LogP contribution in [0, 0.1) is 0 Å². The number of rotatable bonds is 6. The molecule has 0 saturated heterocycles. The SMILES string of the molecule is O=C(O)C[C@@H](C(=O)O)N1c2ccccc2N=C(C(=O)O)[C@H]1C(=O)O. The Labute approximate surface area is 134 Å². The predicted octanol–water partition coefficient (Wildman–Crippen LogP) is 0.0448. The molecule has 0 amide bonds. The van der Waals surface area contributed by atoms with Gasteiger partial charge in [0.15, 0.2) is 11.8 Å². The van der Waals surface area contributed by atoms with Gasteiger partial charge in [-0.3, -0.25) is 4.79 Å². The minimum Gasteiger partial charge on any atom is -0.481 e. The van der Waals surface area contributed by atoms with E-state index in [0.29, 0.717) is 0 Å². The number of benzene rings is 1. The van der Waals surface area contributed by atoms with Crippen LogP contribution in [0.4, 0.5) is 11.4 Å². The van der Waals surface area contributed by atoms with Crippen molar-refractivity contribution >= 4 is 41.0 Å². The fourth-order valence-corrected chi connectivity index (χ4v) is 2.46. The Morgan fingerprint density at radius 2 is 1.71 bits per heavy atom. The van der Waals surface area contributed by atoms with Gasteiger partial charge in [0.2, 0.25) is 0 Å². The maximum Gasteiger partial charge on any atom is 0.353 e. The quantitative estimate of drug-likeness (QED) is 0.561. The van der Waals surface area contributed by atoms with Crippen LogP contribution in [-0.4, -0.2) is 62.1 Å². The summed E-state index contributed by atoms with van der Waals surface area (Å²) in [5.41, 5.74) is -0.717. The number of hydrogen-bond donors (Lipinski definition) is 4. The van der Waals surface area contributed by atoms with Crippen molar-refractivity contribution in [2.24, 2.45) is 4.99 Å². The molecule has 1 aliphatic rings. The predicted molar refractivity (Wildman–Crippen MR) is 78.8 cm³/mol. The molecule has 1 heterocycles. The standard InChI is InChI=1S/C14H12N2O8/c17-9(18)5-8(12(19)20)16-7-4-2-1-3-6(7)15-10(13(21)22)11(16)14(23)24/h1-4,8,11H,5H2,(H,17,18)(H,19,20)(H,21,22)(H,23,24)/t8-,11-/m0/s1. The molecule has 0 spiro atoms. The number of hydrogen-bond acceptors (Lipinski definition) is 6. The van der Waals surface area contributed by atoms with E-state index < -0.39 is 48.1 Å². The van der Waals surface area contributed by atoms with Gasteiger partial charge in [0, 0.05) is 0 Å². The summed E-state index contributed by atoms with van der Waals surface area (Å²) in [7, 11) is 0. The molecular weight excluding hydrogens is 324 g/mol. The van der Waals surface area contributed by atoms with E-state index in [2.05, 4.69) is 4.99 Å². The molecule has 0 aromatic heterocycles. The Balaban J connectivity index is 2.70. The number of fused-ring (bicyclic) bond motifs is 1. The van der Waals surface area contributed by atoms with Crippen molar-refractivity contribution in [3.63, 3.8) is 0 Å². The minimum atomic E-state index is -1.93. The second-order valence-electron chi connectivity index (χ2n) is 4.89. The van der Waals surface area contributed by atoms with Crippen LogP contribution in [0.3, 0.4) is 0 Å². The highest BCUT2D eigenvalue weighted by Gasteiger charge is 2.45. The van der Waals surface area contributed by atoms with Crippen LogP contribution < -0.4 is 4.90 Å². The Hall–Kier alpha value is -3.43. The molecule has 24 heavy (non-hydrogen) atoms. The molecule has 1 aromatic rings. The summed E-state index contributed by atoms with van der Waals surface area (Å²) in [5.74, 6) is -6.35. The second kappa shape index (κ2) is 6.36. The van der Waals surface area contributed by atoms with Crippen LogP contribution in [0.1, 0.15) is 6.42 Å². The van der Waals surface area contributed by atoms with E-state index >= 15 is 0 Å². The van der Waals surface area contributed by atoms with Gasteiger partial charge in [-0.15, -0.1) is 0 Å². The first kappa shape index (κ1) is 16.9. The molecule has 0 fully saturated rings. The summed E-state index contributed by atoms with van der Waals surface area (Å²) in [6.07, 6.45) is -0.916. The van der Waals surface area contributed by atoms with Crippen molar-refractivity contribution in [3.05, 3.63) is 24.3 Å². The Bertz CT molecular complexity index is 757. The van der Waals surface area contributed by atoms with E-state index in [1.54, 1.807) is 0 Å². The molecule has 10 nitrogen and oxygen atoms in total. The molecule has 4 N–H and O–H groups in total.